The fourth-order valence-electron chi connectivity index (χ4n) is 3.23. The van der Waals surface area contributed by atoms with Crippen molar-refractivity contribution in [3.05, 3.63) is 59.1 Å². The maximum absolute atomic E-state index is 13.8. The van der Waals surface area contributed by atoms with Gasteiger partial charge in [0.15, 0.2) is 5.16 Å². The highest BCUT2D eigenvalue weighted by Gasteiger charge is 2.24. The van der Waals surface area contributed by atoms with Crippen LogP contribution < -0.4 is 10.2 Å². The Hall–Kier alpha value is -2.65. The number of carbonyl (C=O) groups excluding carboxylic acids is 1. The average Bonchev–Trinajstić information content (AvgIpc) is 3.39. The van der Waals surface area contributed by atoms with Gasteiger partial charge in [-0.1, -0.05) is 35.5 Å². The highest BCUT2D eigenvalue weighted by molar-refractivity contribution is 7.99. The minimum Gasteiger partial charge on any atom is -0.341 e. The lowest BCUT2D eigenvalue weighted by atomic mass is 10.3. The molecule has 30 heavy (non-hydrogen) atoms. The Morgan fingerprint density at radius 1 is 1.13 bits per heavy atom. The number of para-hydroxylation sites is 1. The van der Waals surface area contributed by atoms with Gasteiger partial charge in [-0.3, -0.25) is 9.36 Å². The van der Waals surface area contributed by atoms with Gasteiger partial charge in [-0.25, -0.2) is 8.78 Å². The second kappa shape index (κ2) is 9.01. The Labute approximate surface area is 181 Å². The van der Waals surface area contributed by atoms with E-state index in [1.54, 1.807) is 6.07 Å². The minimum atomic E-state index is -0.703. The number of thioether (sulfide) groups is 1. The first-order valence-corrected chi connectivity index (χ1v) is 10.7. The van der Waals surface area contributed by atoms with Gasteiger partial charge >= 0.3 is 0 Å². The standard InChI is InChI=1S/C20H18ClF2N5OS/c21-14-5-1-2-6-17(14)28-19(27-9-3-4-10-27)25-26-20(28)30-12-18(29)24-16-11-13(22)7-8-15(16)23/h1-2,5-8,11H,3-4,9-10,12H2,(H,24,29). The molecule has 1 aliphatic rings. The average molecular weight is 450 g/mol. The monoisotopic (exact) mass is 449 g/mol. The number of amides is 1. The number of halogens is 3. The van der Waals surface area contributed by atoms with Gasteiger partial charge in [0.1, 0.15) is 11.6 Å². The Balaban J connectivity index is 1.56. The molecule has 1 aliphatic heterocycles. The molecule has 156 valence electrons. The van der Waals surface area contributed by atoms with Gasteiger partial charge in [0.2, 0.25) is 11.9 Å². The van der Waals surface area contributed by atoms with E-state index in [-0.39, 0.29) is 11.4 Å². The number of nitrogens with one attached hydrogen (secondary N) is 1. The third-order valence-corrected chi connectivity index (χ3v) is 5.88. The number of nitrogens with zero attached hydrogens (tertiary/aromatic N) is 4. The first kappa shape index (κ1) is 20.6. The number of hydrogen-bond donors (Lipinski definition) is 1. The van der Waals surface area contributed by atoms with Gasteiger partial charge in [0.25, 0.3) is 0 Å². The molecule has 0 spiro atoms. The van der Waals surface area contributed by atoms with Crippen molar-refractivity contribution in [1.82, 2.24) is 14.8 Å². The predicted octanol–water partition coefficient (Wildman–Crippen LogP) is 4.53. The van der Waals surface area contributed by atoms with Gasteiger partial charge in [0.05, 0.1) is 22.2 Å². The lowest BCUT2D eigenvalue weighted by Gasteiger charge is -2.19. The minimum absolute atomic E-state index is 0.0570. The van der Waals surface area contributed by atoms with Gasteiger partial charge < -0.3 is 10.2 Å². The van der Waals surface area contributed by atoms with Crippen LogP contribution in [0.15, 0.2) is 47.6 Å². The molecule has 2 heterocycles. The normalized spacial score (nSPS) is 13.6. The van der Waals surface area contributed by atoms with Crippen LogP contribution in [0.4, 0.5) is 20.4 Å². The highest BCUT2D eigenvalue weighted by Crippen LogP contribution is 2.32. The van der Waals surface area contributed by atoms with Crippen LogP contribution in [0.2, 0.25) is 5.02 Å². The van der Waals surface area contributed by atoms with Crippen molar-refractivity contribution >= 4 is 40.9 Å². The molecule has 0 saturated carbocycles. The summed E-state index contributed by atoms with van der Waals surface area (Å²) in [5, 5.41) is 12.0. The van der Waals surface area contributed by atoms with Crippen LogP contribution in [-0.4, -0.2) is 39.5 Å². The zero-order valence-electron chi connectivity index (χ0n) is 15.8. The summed E-state index contributed by atoms with van der Waals surface area (Å²) in [4.78, 5) is 14.4. The molecule has 4 rings (SSSR count). The van der Waals surface area contributed by atoms with E-state index in [0.29, 0.717) is 21.8 Å². The van der Waals surface area contributed by atoms with Crippen molar-refractivity contribution in [1.29, 1.82) is 0 Å². The fourth-order valence-corrected chi connectivity index (χ4v) is 4.19. The Kier molecular flexibility index (Phi) is 6.19. The van der Waals surface area contributed by atoms with E-state index in [9.17, 15) is 13.6 Å². The van der Waals surface area contributed by atoms with Crippen LogP contribution in [0, 0.1) is 11.6 Å². The zero-order valence-corrected chi connectivity index (χ0v) is 17.4. The van der Waals surface area contributed by atoms with Crippen molar-refractivity contribution in [2.24, 2.45) is 0 Å². The molecule has 0 radical (unpaired) electrons. The van der Waals surface area contributed by atoms with E-state index in [1.165, 1.54) is 0 Å². The van der Waals surface area contributed by atoms with E-state index in [4.69, 9.17) is 11.6 Å². The Morgan fingerprint density at radius 3 is 2.67 bits per heavy atom. The third-order valence-electron chi connectivity index (χ3n) is 4.63. The lowest BCUT2D eigenvalue weighted by Crippen LogP contribution is -2.22. The van der Waals surface area contributed by atoms with E-state index in [1.807, 2.05) is 22.8 Å². The van der Waals surface area contributed by atoms with Gasteiger partial charge in [-0.2, -0.15) is 0 Å². The fraction of sp³-hybridized carbons (Fsp3) is 0.250. The summed E-state index contributed by atoms with van der Waals surface area (Å²) >= 11 is 7.55. The van der Waals surface area contributed by atoms with Crippen molar-refractivity contribution in [2.45, 2.75) is 18.0 Å². The molecule has 1 N–H and O–H groups in total. The predicted molar refractivity (Wildman–Crippen MR) is 114 cm³/mol. The maximum atomic E-state index is 13.8. The molecular weight excluding hydrogens is 432 g/mol. The summed E-state index contributed by atoms with van der Waals surface area (Å²) < 4.78 is 28.9. The van der Waals surface area contributed by atoms with Crippen LogP contribution in [0.25, 0.3) is 5.69 Å². The molecule has 0 aliphatic carbocycles. The van der Waals surface area contributed by atoms with Crippen LogP contribution in [0.1, 0.15) is 12.8 Å². The summed E-state index contributed by atoms with van der Waals surface area (Å²) in [7, 11) is 0. The smallest absolute Gasteiger partial charge is 0.234 e. The van der Waals surface area contributed by atoms with Gasteiger partial charge in [-0.05, 0) is 37.1 Å². The molecule has 2 aromatic carbocycles. The van der Waals surface area contributed by atoms with E-state index in [0.717, 1.165) is 55.9 Å². The molecule has 0 unspecified atom stereocenters. The number of aromatic nitrogens is 3. The van der Waals surface area contributed by atoms with E-state index < -0.39 is 17.5 Å². The van der Waals surface area contributed by atoms with E-state index in [2.05, 4.69) is 20.4 Å². The lowest BCUT2D eigenvalue weighted by molar-refractivity contribution is -0.113. The van der Waals surface area contributed by atoms with Crippen LogP contribution >= 0.6 is 23.4 Å². The first-order valence-electron chi connectivity index (χ1n) is 9.36. The summed E-state index contributed by atoms with van der Waals surface area (Å²) in [6.07, 6.45) is 2.14. The Morgan fingerprint density at radius 2 is 1.90 bits per heavy atom. The van der Waals surface area contributed by atoms with Crippen molar-refractivity contribution in [2.75, 3.05) is 29.1 Å². The molecule has 10 heteroatoms. The summed E-state index contributed by atoms with van der Waals surface area (Å²) in [5.74, 6) is -1.21. The summed E-state index contributed by atoms with van der Waals surface area (Å²) in [6.45, 7) is 1.74. The molecule has 3 aromatic rings. The van der Waals surface area contributed by atoms with Crippen LogP contribution in [-0.2, 0) is 4.79 Å². The SMILES string of the molecule is O=C(CSc1nnc(N2CCCC2)n1-c1ccccc1Cl)Nc1cc(F)ccc1F. The molecule has 1 amide bonds. The van der Waals surface area contributed by atoms with Crippen molar-refractivity contribution in [3.63, 3.8) is 0 Å². The molecule has 1 aromatic heterocycles. The largest absolute Gasteiger partial charge is 0.341 e. The summed E-state index contributed by atoms with van der Waals surface area (Å²) in [5.41, 5.74) is 0.510. The highest BCUT2D eigenvalue weighted by atomic mass is 35.5. The number of anilines is 2. The van der Waals surface area contributed by atoms with Gasteiger partial charge in [-0.15, -0.1) is 10.2 Å². The quantitative estimate of drug-likeness (QED) is 0.560. The number of rotatable bonds is 6. The molecule has 1 saturated heterocycles. The van der Waals surface area contributed by atoms with Crippen molar-refractivity contribution < 1.29 is 13.6 Å². The number of hydrogen-bond acceptors (Lipinski definition) is 5. The van der Waals surface area contributed by atoms with Crippen LogP contribution in [0.5, 0.6) is 0 Å². The van der Waals surface area contributed by atoms with Crippen LogP contribution in [0.3, 0.4) is 0 Å². The van der Waals surface area contributed by atoms with Crippen molar-refractivity contribution in [3.8, 4) is 5.69 Å². The van der Waals surface area contributed by atoms with Gasteiger partial charge in [0, 0.05) is 19.2 Å². The molecule has 0 atom stereocenters. The number of benzene rings is 2. The Bertz CT molecular complexity index is 1070. The topological polar surface area (TPSA) is 63.1 Å². The zero-order chi connectivity index (χ0) is 21.1. The second-order valence-electron chi connectivity index (χ2n) is 6.72. The molecule has 1 fully saturated rings. The molecule has 0 bridgehead atoms. The maximum Gasteiger partial charge on any atom is 0.234 e. The third kappa shape index (κ3) is 4.41. The summed E-state index contributed by atoms with van der Waals surface area (Å²) in [6, 6.07) is 10.2. The molecule has 6 nitrogen and oxygen atoms in total. The first-order chi connectivity index (χ1) is 14.5. The number of carbonyl (C=O) groups is 1. The molecular formula is C20H18ClF2N5OS. The second-order valence-corrected chi connectivity index (χ2v) is 8.07. The van der Waals surface area contributed by atoms with E-state index >= 15 is 0 Å².